The second-order valence-corrected chi connectivity index (χ2v) is 6.34. The first-order valence-corrected chi connectivity index (χ1v) is 8.47. The van der Waals surface area contributed by atoms with E-state index in [0.29, 0.717) is 0 Å². The van der Waals surface area contributed by atoms with E-state index in [9.17, 15) is 10.2 Å². The molecule has 0 aromatic heterocycles. The first-order chi connectivity index (χ1) is 10.2. The number of aliphatic hydroxyl groups excluding tert-OH is 2. The van der Waals surface area contributed by atoms with E-state index in [0.717, 1.165) is 18.4 Å². The molecule has 0 saturated carbocycles. The van der Waals surface area contributed by atoms with Gasteiger partial charge in [-0.1, -0.05) is 81.7 Å². The Morgan fingerprint density at radius 1 is 0.905 bits per heavy atom. The van der Waals surface area contributed by atoms with Crippen molar-refractivity contribution in [1.82, 2.24) is 0 Å². The molecule has 1 rings (SSSR count). The maximum absolute atomic E-state index is 9.83. The van der Waals surface area contributed by atoms with Gasteiger partial charge >= 0.3 is 0 Å². The first kappa shape index (κ1) is 18.2. The maximum Gasteiger partial charge on any atom is 0.0550 e. The van der Waals surface area contributed by atoms with E-state index >= 15 is 0 Å². The van der Waals surface area contributed by atoms with Crippen LogP contribution in [0.1, 0.15) is 69.4 Å². The molecule has 0 saturated heterocycles. The van der Waals surface area contributed by atoms with E-state index in [4.69, 9.17) is 0 Å². The summed E-state index contributed by atoms with van der Waals surface area (Å²) in [5.41, 5.74) is 1.77. The van der Waals surface area contributed by atoms with Crippen molar-refractivity contribution in [2.75, 3.05) is 13.2 Å². The molecule has 2 nitrogen and oxygen atoms in total. The van der Waals surface area contributed by atoms with Gasteiger partial charge in [-0.15, -0.1) is 0 Å². The van der Waals surface area contributed by atoms with Crippen LogP contribution in [-0.2, 0) is 5.41 Å². The van der Waals surface area contributed by atoms with E-state index in [1.54, 1.807) is 0 Å². The summed E-state index contributed by atoms with van der Waals surface area (Å²) < 4.78 is 0. The fourth-order valence-electron chi connectivity index (χ4n) is 2.93. The van der Waals surface area contributed by atoms with E-state index in [-0.39, 0.29) is 13.2 Å². The summed E-state index contributed by atoms with van der Waals surface area (Å²) in [5.74, 6) is 0. The van der Waals surface area contributed by atoms with Crippen molar-refractivity contribution < 1.29 is 10.2 Å². The fourth-order valence-corrected chi connectivity index (χ4v) is 2.93. The molecule has 0 aliphatic heterocycles. The van der Waals surface area contributed by atoms with Gasteiger partial charge in [0.25, 0.3) is 0 Å². The zero-order valence-corrected chi connectivity index (χ0v) is 13.8. The molecular weight excluding hydrogens is 260 g/mol. The molecule has 0 bridgehead atoms. The lowest BCUT2D eigenvalue weighted by Gasteiger charge is -2.31. The Bertz CT molecular complexity index is 383. The predicted molar refractivity (Wildman–Crippen MR) is 89.6 cm³/mol. The summed E-state index contributed by atoms with van der Waals surface area (Å²) in [6, 6.07) is 8.18. The highest BCUT2D eigenvalue weighted by Gasteiger charge is 2.30. The van der Waals surface area contributed by atoms with Crippen molar-refractivity contribution in [1.29, 1.82) is 0 Å². The minimum Gasteiger partial charge on any atom is -0.395 e. The Kier molecular flexibility index (Phi) is 8.63. The monoisotopic (exact) mass is 292 g/mol. The van der Waals surface area contributed by atoms with Crippen LogP contribution in [-0.4, -0.2) is 23.4 Å². The van der Waals surface area contributed by atoms with Gasteiger partial charge < -0.3 is 10.2 Å². The molecule has 0 spiro atoms. The molecule has 0 radical (unpaired) electrons. The van der Waals surface area contributed by atoms with Crippen molar-refractivity contribution in [2.45, 2.75) is 70.6 Å². The van der Waals surface area contributed by atoms with Crippen LogP contribution in [0.2, 0.25) is 0 Å². The van der Waals surface area contributed by atoms with Crippen LogP contribution < -0.4 is 0 Å². The highest BCUT2D eigenvalue weighted by atomic mass is 16.3. The fraction of sp³-hybridized carbons (Fsp3) is 0.684. The van der Waals surface area contributed by atoms with Gasteiger partial charge in [0, 0.05) is 5.41 Å². The number of hydrogen-bond donors (Lipinski definition) is 2. The third-order valence-electron chi connectivity index (χ3n) is 4.49. The smallest absolute Gasteiger partial charge is 0.0550 e. The number of aryl methyl sites for hydroxylation is 1. The van der Waals surface area contributed by atoms with Gasteiger partial charge in [0.15, 0.2) is 0 Å². The molecule has 21 heavy (non-hydrogen) atoms. The third kappa shape index (κ3) is 5.80. The number of unbranched alkanes of at least 4 members (excludes halogenated alkanes) is 6. The maximum atomic E-state index is 9.83. The summed E-state index contributed by atoms with van der Waals surface area (Å²) in [7, 11) is 0. The van der Waals surface area contributed by atoms with Gasteiger partial charge in [-0.3, -0.25) is 0 Å². The molecule has 0 atom stereocenters. The zero-order valence-electron chi connectivity index (χ0n) is 13.8. The van der Waals surface area contributed by atoms with Crippen LogP contribution in [0, 0.1) is 6.92 Å². The van der Waals surface area contributed by atoms with Crippen LogP contribution in [0.4, 0.5) is 0 Å². The molecule has 120 valence electrons. The van der Waals surface area contributed by atoms with E-state index in [1.165, 1.54) is 44.1 Å². The van der Waals surface area contributed by atoms with Crippen molar-refractivity contribution in [3.63, 3.8) is 0 Å². The molecule has 0 aliphatic carbocycles. The summed E-state index contributed by atoms with van der Waals surface area (Å²) in [5, 5.41) is 19.7. The Balaban J connectivity index is 2.49. The normalized spacial score (nSPS) is 11.8. The number of rotatable bonds is 11. The van der Waals surface area contributed by atoms with Crippen molar-refractivity contribution >= 4 is 0 Å². The quantitative estimate of drug-likeness (QED) is 0.595. The molecule has 0 aliphatic rings. The largest absolute Gasteiger partial charge is 0.395 e. The Morgan fingerprint density at radius 2 is 1.52 bits per heavy atom. The molecule has 2 N–H and O–H groups in total. The lowest BCUT2D eigenvalue weighted by Crippen LogP contribution is -2.35. The van der Waals surface area contributed by atoms with Crippen molar-refractivity contribution in [2.24, 2.45) is 0 Å². The van der Waals surface area contributed by atoms with Crippen LogP contribution in [0.5, 0.6) is 0 Å². The lowest BCUT2D eigenvalue weighted by molar-refractivity contribution is 0.107. The lowest BCUT2D eigenvalue weighted by atomic mass is 9.77. The van der Waals surface area contributed by atoms with Gasteiger partial charge in [0.2, 0.25) is 0 Å². The number of aliphatic hydroxyl groups is 2. The summed E-state index contributed by atoms with van der Waals surface area (Å²) in [6.45, 7) is 4.32. The molecule has 0 fully saturated rings. The molecule has 0 amide bonds. The highest BCUT2D eigenvalue weighted by molar-refractivity contribution is 5.30. The SMILES string of the molecule is CCCCCCCCCC(CO)(CO)c1cccc(C)c1. The predicted octanol–water partition coefficient (Wildman–Crippen LogP) is 4.36. The Morgan fingerprint density at radius 3 is 2.10 bits per heavy atom. The molecule has 2 heteroatoms. The van der Waals surface area contributed by atoms with Gasteiger partial charge in [-0.05, 0) is 18.9 Å². The second kappa shape index (κ2) is 9.97. The van der Waals surface area contributed by atoms with Crippen molar-refractivity contribution in [3.05, 3.63) is 35.4 Å². The minimum absolute atomic E-state index is 0.0167. The van der Waals surface area contributed by atoms with Gasteiger partial charge in [-0.25, -0.2) is 0 Å². The molecule has 0 unspecified atom stereocenters. The van der Waals surface area contributed by atoms with E-state index in [1.807, 2.05) is 12.1 Å². The first-order valence-electron chi connectivity index (χ1n) is 8.47. The van der Waals surface area contributed by atoms with Crippen LogP contribution in [0.25, 0.3) is 0 Å². The average Bonchev–Trinajstić information content (AvgIpc) is 2.51. The van der Waals surface area contributed by atoms with Gasteiger partial charge in [0.1, 0.15) is 0 Å². The van der Waals surface area contributed by atoms with Crippen LogP contribution in [0.15, 0.2) is 24.3 Å². The minimum atomic E-state index is -0.477. The third-order valence-corrected chi connectivity index (χ3v) is 4.49. The van der Waals surface area contributed by atoms with Crippen LogP contribution >= 0.6 is 0 Å². The average molecular weight is 292 g/mol. The molecule has 0 heterocycles. The standard InChI is InChI=1S/C19H32O2/c1-3-4-5-6-7-8-9-13-19(15-20,16-21)18-12-10-11-17(2)14-18/h10-12,14,20-21H,3-9,13,15-16H2,1-2H3. The summed E-state index contributed by atoms with van der Waals surface area (Å²) in [4.78, 5) is 0. The summed E-state index contributed by atoms with van der Waals surface area (Å²) >= 11 is 0. The number of benzene rings is 1. The van der Waals surface area contributed by atoms with Crippen molar-refractivity contribution in [3.8, 4) is 0 Å². The molecule has 1 aromatic rings. The zero-order chi connectivity index (χ0) is 15.6. The molecule has 1 aromatic carbocycles. The van der Waals surface area contributed by atoms with Crippen LogP contribution in [0.3, 0.4) is 0 Å². The Labute approximate surface area is 130 Å². The van der Waals surface area contributed by atoms with Gasteiger partial charge in [0.05, 0.1) is 13.2 Å². The number of hydrogen-bond acceptors (Lipinski definition) is 2. The molecular formula is C19H32O2. The Hall–Kier alpha value is -0.860. The van der Waals surface area contributed by atoms with E-state index < -0.39 is 5.41 Å². The topological polar surface area (TPSA) is 40.5 Å². The van der Waals surface area contributed by atoms with Gasteiger partial charge in [-0.2, -0.15) is 0 Å². The highest BCUT2D eigenvalue weighted by Crippen LogP contribution is 2.30. The summed E-state index contributed by atoms with van der Waals surface area (Å²) in [6.07, 6.45) is 9.64. The second-order valence-electron chi connectivity index (χ2n) is 6.34. The van der Waals surface area contributed by atoms with E-state index in [2.05, 4.69) is 26.0 Å².